The van der Waals surface area contributed by atoms with Gasteiger partial charge in [-0.05, 0) is 48.9 Å². The number of carbonyl (C=O) groups is 4. The van der Waals surface area contributed by atoms with Gasteiger partial charge in [0.15, 0.2) is 6.61 Å². The number of imide groups is 1. The van der Waals surface area contributed by atoms with E-state index in [1.165, 1.54) is 6.07 Å². The highest BCUT2D eigenvalue weighted by Crippen LogP contribution is 2.27. The molecule has 0 fully saturated rings. The SMILES string of the molecule is CCOc1ccc(CN2C(=O)c3ccccc3C2=O)cc1C(=O)OCC(=O)c1cccn1C. The standard InChI is InChI=1S/C25H22N2O6/c1-3-32-22-11-10-16(14-27-23(29)17-7-4-5-8-18(17)24(27)30)13-19(22)25(31)33-15-21(28)20-9-6-12-26(20)2/h4-13H,3,14-15H2,1-2H3. The van der Waals surface area contributed by atoms with E-state index in [0.717, 1.165) is 4.90 Å². The van der Waals surface area contributed by atoms with Gasteiger partial charge in [0.2, 0.25) is 5.78 Å². The molecular formula is C25H22N2O6. The Bertz CT molecular complexity index is 1220. The zero-order valence-corrected chi connectivity index (χ0v) is 18.2. The number of ether oxygens (including phenoxy) is 2. The fourth-order valence-corrected chi connectivity index (χ4v) is 3.72. The summed E-state index contributed by atoms with van der Waals surface area (Å²) in [5, 5.41) is 0. The van der Waals surface area contributed by atoms with Crippen molar-refractivity contribution in [2.45, 2.75) is 13.5 Å². The maximum absolute atomic E-state index is 12.8. The summed E-state index contributed by atoms with van der Waals surface area (Å²) in [4.78, 5) is 51.6. The average Bonchev–Trinajstić information content (AvgIpc) is 3.35. The van der Waals surface area contributed by atoms with Crippen molar-refractivity contribution in [3.8, 4) is 5.75 Å². The Kier molecular flexibility index (Phi) is 6.08. The van der Waals surface area contributed by atoms with Crippen LogP contribution in [0.4, 0.5) is 0 Å². The average molecular weight is 446 g/mol. The molecule has 2 heterocycles. The maximum Gasteiger partial charge on any atom is 0.342 e. The molecule has 1 aliphatic rings. The van der Waals surface area contributed by atoms with Crippen molar-refractivity contribution in [1.82, 2.24) is 9.47 Å². The first-order chi connectivity index (χ1) is 15.9. The molecule has 8 nitrogen and oxygen atoms in total. The summed E-state index contributed by atoms with van der Waals surface area (Å²) in [5.41, 5.74) is 1.80. The molecule has 0 aliphatic carbocycles. The van der Waals surface area contributed by atoms with Crippen LogP contribution in [0.5, 0.6) is 5.75 Å². The van der Waals surface area contributed by atoms with Crippen LogP contribution in [0.3, 0.4) is 0 Å². The second-order valence-corrected chi connectivity index (χ2v) is 7.51. The molecule has 0 atom stereocenters. The van der Waals surface area contributed by atoms with Gasteiger partial charge in [-0.1, -0.05) is 18.2 Å². The zero-order chi connectivity index (χ0) is 23.5. The van der Waals surface area contributed by atoms with Gasteiger partial charge in [0.05, 0.1) is 30.0 Å². The molecule has 1 aliphatic heterocycles. The first-order valence-electron chi connectivity index (χ1n) is 10.4. The Hall–Kier alpha value is -4.20. The first kappa shape index (κ1) is 22.0. The Morgan fingerprint density at radius 2 is 1.64 bits per heavy atom. The number of nitrogens with zero attached hydrogens (tertiary/aromatic N) is 2. The molecule has 0 saturated heterocycles. The van der Waals surface area contributed by atoms with Crippen molar-refractivity contribution < 1.29 is 28.7 Å². The molecular weight excluding hydrogens is 424 g/mol. The number of benzene rings is 2. The second kappa shape index (κ2) is 9.12. The Labute approximate surface area is 190 Å². The highest BCUT2D eigenvalue weighted by atomic mass is 16.5. The van der Waals surface area contributed by atoms with Crippen LogP contribution in [0.25, 0.3) is 0 Å². The van der Waals surface area contributed by atoms with Gasteiger partial charge in [0.25, 0.3) is 11.8 Å². The third-order valence-electron chi connectivity index (χ3n) is 5.35. The summed E-state index contributed by atoms with van der Waals surface area (Å²) in [7, 11) is 1.73. The van der Waals surface area contributed by atoms with E-state index in [1.807, 2.05) is 0 Å². The van der Waals surface area contributed by atoms with Crippen LogP contribution >= 0.6 is 0 Å². The summed E-state index contributed by atoms with van der Waals surface area (Å²) < 4.78 is 12.4. The van der Waals surface area contributed by atoms with Crippen LogP contribution in [-0.2, 0) is 18.3 Å². The predicted molar refractivity (Wildman–Crippen MR) is 118 cm³/mol. The van der Waals surface area contributed by atoms with E-state index in [4.69, 9.17) is 9.47 Å². The summed E-state index contributed by atoms with van der Waals surface area (Å²) in [6.07, 6.45) is 1.73. The number of aryl methyl sites for hydroxylation is 1. The van der Waals surface area contributed by atoms with Crippen LogP contribution < -0.4 is 4.74 Å². The summed E-state index contributed by atoms with van der Waals surface area (Å²) >= 11 is 0. The third-order valence-corrected chi connectivity index (χ3v) is 5.35. The lowest BCUT2D eigenvalue weighted by molar-refractivity contribution is 0.0468. The fraction of sp³-hybridized carbons (Fsp3) is 0.200. The molecule has 33 heavy (non-hydrogen) atoms. The molecule has 0 N–H and O–H groups in total. The highest BCUT2D eigenvalue weighted by molar-refractivity contribution is 6.21. The molecule has 168 valence electrons. The van der Waals surface area contributed by atoms with E-state index >= 15 is 0 Å². The molecule has 3 aromatic rings. The molecule has 0 spiro atoms. The van der Waals surface area contributed by atoms with Gasteiger partial charge in [0.1, 0.15) is 11.3 Å². The number of fused-ring (bicyclic) bond motifs is 1. The van der Waals surface area contributed by atoms with Gasteiger partial charge >= 0.3 is 5.97 Å². The highest BCUT2D eigenvalue weighted by Gasteiger charge is 2.35. The van der Waals surface area contributed by atoms with E-state index < -0.39 is 12.6 Å². The van der Waals surface area contributed by atoms with Gasteiger partial charge in [-0.2, -0.15) is 0 Å². The predicted octanol–water partition coefficient (Wildman–Crippen LogP) is 3.26. The van der Waals surface area contributed by atoms with Crippen molar-refractivity contribution >= 4 is 23.6 Å². The minimum atomic E-state index is -0.731. The first-order valence-corrected chi connectivity index (χ1v) is 10.4. The van der Waals surface area contributed by atoms with Crippen molar-refractivity contribution in [1.29, 1.82) is 0 Å². The molecule has 8 heteroatoms. The molecule has 2 aromatic carbocycles. The molecule has 0 saturated carbocycles. The summed E-state index contributed by atoms with van der Waals surface area (Å²) in [6, 6.07) is 14.8. The lowest BCUT2D eigenvalue weighted by Gasteiger charge is -2.16. The molecule has 0 radical (unpaired) electrons. The smallest absolute Gasteiger partial charge is 0.342 e. The topological polar surface area (TPSA) is 94.9 Å². The van der Waals surface area contributed by atoms with Crippen molar-refractivity contribution in [3.63, 3.8) is 0 Å². The van der Waals surface area contributed by atoms with Gasteiger partial charge in [-0.15, -0.1) is 0 Å². The van der Waals surface area contributed by atoms with Crippen molar-refractivity contribution in [2.75, 3.05) is 13.2 Å². The minimum absolute atomic E-state index is 0.0126. The molecule has 2 amide bonds. The number of aromatic nitrogens is 1. The van der Waals surface area contributed by atoms with Crippen molar-refractivity contribution in [2.24, 2.45) is 7.05 Å². The molecule has 0 unspecified atom stereocenters. The summed E-state index contributed by atoms with van der Waals surface area (Å²) in [5.74, 6) is -1.55. The lowest BCUT2D eigenvalue weighted by Crippen LogP contribution is -2.29. The molecule has 1 aromatic heterocycles. The van der Waals surface area contributed by atoms with Crippen LogP contribution in [0.15, 0.2) is 60.8 Å². The van der Waals surface area contributed by atoms with E-state index in [-0.39, 0.29) is 29.7 Å². The minimum Gasteiger partial charge on any atom is -0.493 e. The number of amides is 2. The van der Waals surface area contributed by atoms with Crippen molar-refractivity contribution in [3.05, 3.63) is 88.7 Å². The Balaban J connectivity index is 1.53. The zero-order valence-electron chi connectivity index (χ0n) is 18.2. The van der Waals surface area contributed by atoms with Crippen LogP contribution in [0.1, 0.15) is 54.0 Å². The van der Waals surface area contributed by atoms with Gasteiger partial charge < -0.3 is 14.0 Å². The quantitative estimate of drug-likeness (QED) is 0.299. The summed E-state index contributed by atoms with van der Waals surface area (Å²) in [6.45, 7) is 1.66. The Morgan fingerprint density at radius 3 is 2.24 bits per heavy atom. The van der Waals surface area contributed by atoms with E-state index in [0.29, 0.717) is 34.7 Å². The lowest BCUT2D eigenvalue weighted by atomic mass is 10.1. The normalized spacial score (nSPS) is 12.6. The number of esters is 1. The van der Waals surface area contributed by atoms with Gasteiger partial charge in [-0.3, -0.25) is 19.3 Å². The van der Waals surface area contributed by atoms with Gasteiger partial charge in [0, 0.05) is 13.2 Å². The second-order valence-electron chi connectivity index (χ2n) is 7.51. The fourth-order valence-electron chi connectivity index (χ4n) is 3.72. The van der Waals surface area contributed by atoms with Crippen LogP contribution in [-0.4, -0.2) is 46.2 Å². The number of hydrogen-bond acceptors (Lipinski definition) is 6. The Morgan fingerprint density at radius 1 is 0.939 bits per heavy atom. The number of ketones is 1. The third kappa shape index (κ3) is 4.27. The number of hydrogen-bond donors (Lipinski definition) is 0. The van der Waals surface area contributed by atoms with E-state index in [9.17, 15) is 19.2 Å². The number of Topliss-reactive ketones (excluding diaryl/α,β-unsaturated/α-hetero) is 1. The number of carbonyl (C=O) groups excluding carboxylic acids is 4. The number of rotatable bonds is 8. The van der Waals surface area contributed by atoms with Crippen LogP contribution in [0.2, 0.25) is 0 Å². The van der Waals surface area contributed by atoms with Gasteiger partial charge in [-0.25, -0.2) is 4.79 Å². The van der Waals surface area contributed by atoms with Crippen LogP contribution in [0, 0.1) is 0 Å². The van der Waals surface area contributed by atoms with E-state index in [1.54, 1.807) is 73.3 Å². The largest absolute Gasteiger partial charge is 0.493 e. The van der Waals surface area contributed by atoms with E-state index in [2.05, 4.69) is 0 Å². The monoisotopic (exact) mass is 446 g/mol. The molecule has 4 rings (SSSR count). The maximum atomic E-state index is 12.8. The molecule has 0 bridgehead atoms.